The lowest BCUT2D eigenvalue weighted by molar-refractivity contribution is -0.119. The number of ether oxygens (including phenoxy) is 4. The van der Waals surface area contributed by atoms with Crippen molar-refractivity contribution in [3.63, 3.8) is 0 Å². The van der Waals surface area contributed by atoms with Gasteiger partial charge in [-0.1, -0.05) is 12.1 Å². The molecule has 4 aromatic rings. The molecule has 14 heteroatoms. The molecule has 0 fully saturated rings. The first-order valence-electron chi connectivity index (χ1n) is 14.5. The Morgan fingerprint density at radius 1 is 1.00 bits per heavy atom. The highest BCUT2D eigenvalue weighted by Crippen LogP contribution is 2.37. The van der Waals surface area contributed by atoms with Crippen LogP contribution in [0.4, 0.5) is 20.7 Å². The standard InChI is InChI=1S/C34H34FN5O8/c1-34(2,3)48-33(43)39-27(18-44-4)31(41)37-22-9-6-8-20(14-22)24-16-26(23-12-11-21(35)15-29(23)47-19-45-5)38-30(25(24)17-36)40-32(42)28-10-7-13-46-28/h6-16,27H,18-19H2,1-5H3,(H,37,41)(H,39,43)(H,38,40,42)/t27-/m0/s1. The summed E-state index contributed by atoms with van der Waals surface area (Å²) < 4.78 is 40.4. The fourth-order valence-electron chi connectivity index (χ4n) is 4.43. The van der Waals surface area contributed by atoms with Crippen LogP contribution in [-0.2, 0) is 19.0 Å². The van der Waals surface area contributed by atoms with Crippen LogP contribution in [0.25, 0.3) is 22.4 Å². The van der Waals surface area contributed by atoms with E-state index < -0.39 is 35.4 Å². The lowest BCUT2D eigenvalue weighted by atomic mass is 9.97. The van der Waals surface area contributed by atoms with E-state index >= 15 is 0 Å². The zero-order valence-electron chi connectivity index (χ0n) is 26.9. The van der Waals surface area contributed by atoms with Crippen LogP contribution in [0.5, 0.6) is 5.75 Å². The number of methoxy groups -OCH3 is 2. The van der Waals surface area contributed by atoms with Crippen molar-refractivity contribution in [1.82, 2.24) is 10.3 Å². The van der Waals surface area contributed by atoms with Crippen molar-refractivity contribution in [3.8, 4) is 34.2 Å². The molecule has 0 radical (unpaired) electrons. The van der Waals surface area contributed by atoms with Crippen LogP contribution in [0.3, 0.4) is 0 Å². The first kappa shape index (κ1) is 35.1. The zero-order chi connectivity index (χ0) is 34.8. The number of furan rings is 1. The second kappa shape index (κ2) is 15.7. The molecule has 0 bridgehead atoms. The van der Waals surface area contributed by atoms with Crippen molar-refractivity contribution >= 4 is 29.4 Å². The smallest absolute Gasteiger partial charge is 0.408 e. The molecule has 3 amide bonds. The van der Waals surface area contributed by atoms with Crippen molar-refractivity contribution in [2.24, 2.45) is 0 Å². The zero-order valence-corrected chi connectivity index (χ0v) is 26.9. The molecule has 250 valence electrons. The van der Waals surface area contributed by atoms with E-state index in [4.69, 9.17) is 23.4 Å². The third-order valence-electron chi connectivity index (χ3n) is 6.44. The fraction of sp³-hybridized carbons (Fsp3) is 0.265. The molecule has 0 spiro atoms. The Morgan fingerprint density at radius 3 is 2.46 bits per heavy atom. The highest BCUT2D eigenvalue weighted by Gasteiger charge is 2.25. The topological polar surface area (TPSA) is 174 Å². The summed E-state index contributed by atoms with van der Waals surface area (Å²) in [7, 11) is 2.80. The minimum atomic E-state index is -1.09. The molecule has 0 unspecified atom stereocenters. The SMILES string of the molecule is COCOc1cc(F)ccc1-c1cc(-c2cccc(NC(=O)[C@H](COC)NC(=O)OC(C)(C)C)c2)c(C#N)c(NC(=O)c2ccco2)n1. The molecule has 0 aliphatic heterocycles. The van der Waals surface area contributed by atoms with Gasteiger partial charge in [0.2, 0.25) is 5.91 Å². The first-order valence-corrected chi connectivity index (χ1v) is 14.5. The monoisotopic (exact) mass is 659 g/mol. The first-order chi connectivity index (χ1) is 22.9. The third kappa shape index (κ3) is 9.15. The third-order valence-corrected chi connectivity index (χ3v) is 6.44. The van der Waals surface area contributed by atoms with E-state index in [1.165, 1.54) is 44.7 Å². The molecule has 0 aliphatic rings. The number of aromatic nitrogens is 1. The summed E-state index contributed by atoms with van der Waals surface area (Å²) in [4.78, 5) is 43.1. The van der Waals surface area contributed by atoms with Gasteiger partial charge in [-0.25, -0.2) is 14.2 Å². The van der Waals surface area contributed by atoms with Crippen LogP contribution in [0.15, 0.2) is 71.3 Å². The fourth-order valence-corrected chi connectivity index (χ4v) is 4.43. The normalized spacial score (nSPS) is 11.6. The Morgan fingerprint density at radius 2 is 1.79 bits per heavy atom. The van der Waals surface area contributed by atoms with Crippen molar-refractivity contribution < 1.29 is 42.1 Å². The largest absolute Gasteiger partial charge is 0.467 e. The van der Waals surface area contributed by atoms with Gasteiger partial charge in [0, 0.05) is 37.1 Å². The minimum Gasteiger partial charge on any atom is -0.467 e. The van der Waals surface area contributed by atoms with Gasteiger partial charge in [-0.2, -0.15) is 5.26 Å². The molecule has 2 aromatic heterocycles. The molecule has 2 aromatic carbocycles. The summed E-state index contributed by atoms with van der Waals surface area (Å²) >= 11 is 0. The van der Waals surface area contributed by atoms with Crippen LogP contribution in [-0.4, -0.2) is 62.2 Å². The number of hydrogen-bond donors (Lipinski definition) is 3. The number of rotatable bonds is 12. The molecule has 4 rings (SSSR count). The summed E-state index contributed by atoms with van der Waals surface area (Å²) in [5.74, 6) is -1.84. The van der Waals surface area contributed by atoms with Crippen molar-refractivity contribution in [2.75, 3.05) is 38.3 Å². The van der Waals surface area contributed by atoms with Crippen LogP contribution >= 0.6 is 0 Å². The van der Waals surface area contributed by atoms with Gasteiger partial charge in [-0.15, -0.1) is 0 Å². The van der Waals surface area contributed by atoms with Gasteiger partial charge < -0.3 is 39.3 Å². The number of hydrogen-bond acceptors (Lipinski definition) is 10. The van der Waals surface area contributed by atoms with Crippen molar-refractivity contribution in [1.29, 1.82) is 5.26 Å². The molecular weight excluding hydrogens is 625 g/mol. The predicted molar refractivity (Wildman–Crippen MR) is 173 cm³/mol. The van der Waals surface area contributed by atoms with Crippen LogP contribution in [0.1, 0.15) is 36.9 Å². The maximum atomic E-state index is 14.2. The molecule has 48 heavy (non-hydrogen) atoms. The molecule has 3 N–H and O–H groups in total. The van der Waals surface area contributed by atoms with Crippen LogP contribution < -0.4 is 20.7 Å². The second-order valence-electron chi connectivity index (χ2n) is 11.2. The number of pyridine rings is 1. The predicted octanol–water partition coefficient (Wildman–Crippen LogP) is 5.73. The Bertz CT molecular complexity index is 1820. The van der Waals surface area contributed by atoms with E-state index in [-0.39, 0.29) is 42.0 Å². The number of nitrogens with zero attached hydrogens (tertiary/aromatic N) is 2. The van der Waals surface area contributed by atoms with E-state index in [9.17, 15) is 24.0 Å². The van der Waals surface area contributed by atoms with E-state index in [0.29, 0.717) is 22.4 Å². The Hall–Kier alpha value is -5.78. The van der Waals surface area contributed by atoms with Gasteiger partial charge in [-0.05, 0) is 68.8 Å². The van der Waals surface area contributed by atoms with Crippen molar-refractivity contribution in [3.05, 3.63) is 84.1 Å². The molecule has 13 nitrogen and oxygen atoms in total. The van der Waals surface area contributed by atoms with Gasteiger partial charge in [0.15, 0.2) is 18.4 Å². The molecule has 0 aliphatic carbocycles. The van der Waals surface area contributed by atoms with Crippen molar-refractivity contribution in [2.45, 2.75) is 32.4 Å². The minimum absolute atomic E-state index is 0.00699. The number of halogens is 1. The molecule has 1 atom stereocenters. The number of alkyl carbamates (subject to hydrolysis) is 1. The summed E-state index contributed by atoms with van der Waals surface area (Å²) in [5.41, 5.74) is 0.858. The number of benzene rings is 2. The van der Waals surface area contributed by atoms with Crippen LogP contribution in [0, 0.1) is 17.1 Å². The quantitative estimate of drug-likeness (QED) is 0.159. The van der Waals surface area contributed by atoms with Crippen LogP contribution in [0.2, 0.25) is 0 Å². The van der Waals surface area contributed by atoms with E-state index in [1.807, 2.05) is 0 Å². The lowest BCUT2D eigenvalue weighted by Crippen LogP contribution is -2.48. The van der Waals surface area contributed by atoms with Gasteiger partial charge >= 0.3 is 6.09 Å². The van der Waals surface area contributed by atoms with Gasteiger partial charge in [0.1, 0.15) is 34.8 Å². The highest BCUT2D eigenvalue weighted by atomic mass is 19.1. The highest BCUT2D eigenvalue weighted by molar-refractivity contribution is 6.03. The maximum Gasteiger partial charge on any atom is 0.408 e. The Kier molecular flexibility index (Phi) is 11.5. The molecule has 2 heterocycles. The van der Waals surface area contributed by atoms with E-state index in [1.54, 1.807) is 51.1 Å². The van der Waals surface area contributed by atoms with E-state index in [2.05, 4.69) is 27.0 Å². The number of carbonyl (C=O) groups excluding carboxylic acids is 3. The average Bonchev–Trinajstić information content (AvgIpc) is 3.58. The average molecular weight is 660 g/mol. The summed E-state index contributed by atoms with van der Waals surface area (Å²) in [6, 6.07) is 15.9. The Balaban J connectivity index is 1.76. The summed E-state index contributed by atoms with van der Waals surface area (Å²) in [6.45, 7) is 4.76. The molecule has 0 saturated carbocycles. The lowest BCUT2D eigenvalue weighted by Gasteiger charge is -2.23. The maximum absolute atomic E-state index is 14.2. The van der Waals surface area contributed by atoms with Gasteiger partial charge in [0.25, 0.3) is 5.91 Å². The number of nitriles is 1. The number of nitrogens with one attached hydrogen (secondary N) is 3. The van der Waals surface area contributed by atoms with Gasteiger partial charge in [-0.3, -0.25) is 9.59 Å². The Labute approximate surface area is 276 Å². The van der Waals surface area contributed by atoms with Gasteiger partial charge in [0.05, 0.1) is 18.6 Å². The summed E-state index contributed by atoms with van der Waals surface area (Å²) in [6.07, 6.45) is 0.531. The van der Waals surface area contributed by atoms with E-state index in [0.717, 1.165) is 6.07 Å². The molecule has 0 saturated heterocycles. The number of carbonyl (C=O) groups is 3. The second-order valence-corrected chi connectivity index (χ2v) is 11.2. The summed E-state index contributed by atoms with van der Waals surface area (Å²) in [5, 5.41) is 18.2. The number of amides is 3. The number of anilines is 2. The molecular formula is C34H34FN5O8.